The summed E-state index contributed by atoms with van der Waals surface area (Å²) >= 11 is 0. The van der Waals surface area contributed by atoms with E-state index in [1.54, 1.807) is 14.0 Å². The lowest BCUT2D eigenvalue weighted by Gasteiger charge is -2.07. The Labute approximate surface area is 97.6 Å². The van der Waals surface area contributed by atoms with Crippen molar-refractivity contribution >= 4 is 5.78 Å². The molecule has 0 radical (unpaired) electrons. The molecule has 88 valence electrons. The molecule has 2 nitrogen and oxygen atoms in total. The van der Waals surface area contributed by atoms with Crippen LogP contribution < -0.4 is 4.74 Å². The Bertz CT molecular complexity index is 356. The zero-order valence-corrected chi connectivity index (χ0v) is 10.4. The molecular weight excluding hydrogens is 200 g/mol. The molecule has 0 aromatic heterocycles. The fraction of sp³-hybridized carbons (Fsp3) is 0.500. The van der Waals surface area contributed by atoms with E-state index < -0.39 is 0 Å². The van der Waals surface area contributed by atoms with Crippen molar-refractivity contribution in [3.63, 3.8) is 0 Å². The molecule has 0 aliphatic carbocycles. The van der Waals surface area contributed by atoms with Gasteiger partial charge in [-0.1, -0.05) is 12.1 Å². The van der Waals surface area contributed by atoms with E-state index in [4.69, 9.17) is 4.74 Å². The standard InChI is InChI=1S/C14H20O2/c1-11-10-13(8-9-14(11)16-3)7-5-4-6-12(2)15/h8-10H,4-7H2,1-3H3. The summed E-state index contributed by atoms with van der Waals surface area (Å²) in [5, 5.41) is 0. The van der Waals surface area contributed by atoms with Gasteiger partial charge in [-0.15, -0.1) is 0 Å². The Balaban J connectivity index is 2.43. The number of methoxy groups -OCH3 is 1. The Morgan fingerprint density at radius 2 is 2.06 bits per heavy atom. The highest BCUT2D eigenvalue weighted by atomic mass is 16.5. The van der Waals surface area contributed by atoms with E-state index in [-0.39, 0.29) is 5.78 Å². The zero-order valence-electron chi connectivity index (χ0n) is 10.4. The maximum atomic E-state index is 10.8. The summed E-state index contributed by atoms with van der Waals surface area (Å²) in [5.74, 6) is 1.22. The first kappa shape index (κ1) is 12.8. The second-order valence-corrected chi connectivity index (χ2v) is 4.21. The molecule has 0 fully saturated rings. The molecule has 0 saturated heterocycles. The van der Waals surface area contributed by atoms with Crippen LogP contribution in [0.4, 0.5) is 0 Å². The van der Waals surface area contributed by atoms with Gasteiger partial charge in [-0.05, 0) is 50.3 Å². The predicted molar refractivity (Wildman–Crippen MR) is 66.0 cm³/mol. The van der Waals surface area contributed by atoms with Gasteiger partial charge in [-0.3, -0.25) is 0 Å². The number of ether oxygens (including phenoxy) is 1. The van der Waals surface area contributed by atoms with Crippen LogP contribution in [-0.4, -0.2) is 12.9 Å². The third-order valence-electron chi connectivity index (χ3n) is 2.70. The number of ketones is 1. The minimum Gasteiger partial charge on any atom is -0.496 e. The maximum Gasteiger partial charge on any atom is 0.129 e. The summed E-state index contributed by atoms with van der Waals surface area (Å²) in [6.45, 7) is 3.70. The fourth-order valence-electron chi connectivity index (χ4n) is 1.80. The van der Waals surface area contributed by atoms with Gasteiger partial charge in [-0.2, -0.15) is 0 Å². The zero-order chi connectivity index (χ0) is 12.0. The topological polar surface area (TPSA) is 26.3 Å². The SMILES string of the molecule is COc1ccc(CCCCC(C)=O)cc1C. The molecule has 0 spiro atoms. The van der Waals surface area contributed by atoms with Crippen molar-refractivity contribution in [3.8, 4) is 5.75 Å². The van der Waals surface area contributed by atoms with Crippen LogP contribution in [0.3, 0.4) is 0 Å². The van der Waals surface area contributed by atoms with Crippen molar-refractivity contribution in [3.05, 3.63) is 29.3 Å². The first-order valence-corrected chi connectivity index (χ1v) is 5.76. The van der Waals surface area contributed by atoms with E-state index in [0.29, 0.717) is 6.42 Å². The van der Waals surface area contributed by atoms with E-state index in [9.17, 15) is 4.79 Å². The average Bonchev–Trinajstić information content (AvgIpc) is 2.24. The first-order chi connectivity index (χ1) is 7.63. The average molecular weight is 220 g/mol. The summed E-state index contributed by atoms with van der Waals surface area (Å²) < 4.78 is 5.21. The lowest BCUT2D eigenvalue weighted by molar-refractivity contribution is -0.117. The second-order valence-electron chi connectivity index (χ2n) is 4.21. The molecule has 0 unspecified atom stereocenters. The highest BCUT2D eigenvalue weighted by Gasteiger charge is 2.00. The van der Waals surface area contributed by atoms with Crippen LogP contribution in [0.1, 0.15) is 37.3 Å². The van der Waals surface area contributed by atoms with Crippen LogP contribution in [0.25, 0.3) is 0 Å². The molecule has 0 amide bonds. The molecule has 0 heterocycles. The van der Waals surface area contributed by atoms with Crippen LogP contribution in [0, 0.1) is 6.92 Å². The molecule has 1 aromatic rings. The highest BCUT2D eigenvalue weighted by Crippen LogP contribution is 2.19. The lowest BCUT2D eigenvalue weighted by atomic mass is 10.0. The molecule has 0 aliphatic heterocycles. The molecule has 0 N–H and O–H groups in total. The van der Waals surface area contributed by atoms with Crippen LogP contribution >= 0.6 is 0 Å². The van der Waals surface area contributed by atoms with Gasteiger partial charge in [0.2, 0.25) is 0 Å². The smallest absolute Gasteiger partial charge is 0.129 e. The van der Waals surface area contributed by atoms with E-state index in [2.05, 4.69) is 19.1 Å². The lowest BCUT2D eigenvalue weighted by Crippen LogP contribution is -1.93. The van der Waals surface area contributed by atoms with Crippen LogP contribution in [0.15, 0.2) is 18.2 Å². The molecular formula is C14H20O2. The summed E-state index contributed by atoms with van der Waals surface area (Å²) in [7, 11) is 1.69. The predicted octanol–water partition coefficient (Wildman–Crippen LogP) is 3.31. The van der Waals surface area contributed by atoms with Crippen molar-refractivity contribution in [2.45, 2.75) is 39.5 Å². The van der Waals surface area contributed by atoms with Gasteiger partial charge in [0.1, 0.15) is 11.5 Å². The van der Waals surface area contributed by atoms with E-state index >= 15 is 0 Å². The van der Waals surface area contributed by atoms with E-state index in [0.717, 1.165) is 25.0 Å². The number of carbonyl (C=O) groups is 1. The molecule has 0 saturated carbocycles. The summed E-state index contributed by atoms with van der Waals surface area (Å²) in [4.78, 5) is 10.8. The van der Waals surface area contributed by atoms with E-state index in [1.807, 2.05) is 6.07 Å². The number of hydrogen-bond donors (Lipinski definition) is 0. The van der Waals surface area contributed by atoms with Crippen molar-refractivity contribution in [1.82, 2.24) is 0 Å². The second kappa shape index (κ2) is 6.31. The van der Waals surface area contributed by atoms with Gasteiger partial charge in [-0.25, -0.2) is 0 Å². The van der Waals surface area contributed by atoms with Crippen molar-refractivity contribution < 1.29 is 9.53 Å². The minimum atomic E-state index is 0.283. The van der Waals surface area contributed by atoms with Crippen molar-refractivity contribution in [2.75, 3.05) is 7.11 Å². The Morgan fingerprint density at radius 1 is 1.31 bits per heavy atom. The highest BCUT2D eigenvalue weighted by molar-refractivity contribution is 5.75. The molecule has 1 aromatic carbocycles. The quantitative estimate of drug-likeness (QED) is 0.687. The normalized spacial score (nSPS) is 10.2. The molecule has 1 rings (SSSR count). The third-order valence-corrected chi connectivity index (χ3v) is 2.70. The summed E-state index contributed by atoms with van der Waals surface area (Å²) in [5.41, 5.74) is 2.49. The molecule has 0 aliphatic rings. The Kier molecular flexibility index (Phi) is 5.03. The largest absolute Gasteiger partial charge is 0.496 e. The van der Waals surface area contributed by atoms with Crippen molar-refractivity contribution in [2.24, 2.45) is 0 Å². The number of unbranched alkanes of at least 4 members (excludes halogenated alkanes) is 1. The Morgan fingerprint density at radius 3 is 2.62 bits per heavy atom. The van der Waals surface area contributed by atoms with Gasteiger partial charge in [0, 0.05) is 6.42 Å². The molecule has 0 atom stereocenters. The van der Waals surface area contributed by atoms with Gasteiger partial charge >= 0.3 is 0 Å². The summed E-state index contributed by atoms with van der Waals surface area (Å²) in [6, 6.07) is 6.27. The maximum absolute atomic E-state index is 10.8. The first-order valence-electron chi connectivity index (χ1n) is 5.76. The molecule has 2 heteroatoms. The minimum absolute atomic E-state index is 0.283. The number of Topliss-reactive ketones (excluding diaryl/α,β-unsaturated/α-hetero) is 1. The third kappa shape index (κ3) is 4.05. The Hall–Kier alpha value is -1.31. The van der Waals surface area contributed by atoms with E-state index in [1.165, 1.54) is 11.1 Å². The number of benzene rings is 1. The number of rotatable bonds is 6. The monoisotopic (exact) mass is 220 g/mol. The number of hydrogen-bond acceptors (Lipinski definition) is 2. The molecule has 16 heavy (non-hydrogen) atoms. The fourth-order valence-corrected chi connectivity index (χ4v) is 1.80. The molecule has 0 bridgehead atoms. The van der Waals surface area contributed by atoms with Gasteiger partial charge in [0.25, 0.3) is 0 Å². The van der Waals surface area contributed by atoms with Crippen molar-refractivity contribution in [1.29, 1.82) is 0 Å². The van der Waals surface area contributed by atoms with Gasteiger partial charge in [0.15, 0.2) is 0 Å². The van der Waals surface area contributed by atoms with Gasteiger partial charge in [0.05, 0.1) is 7.11 Å². The van der Waals surface area contributed by atoms with Crippen LogP contribution in [0.2, 0.25) is 0 Å². The number of aryl methyl sites for hydroxylation is 2. The van der Waals surface area contributed by atoms with Gasteiger partial charge < -0.3 is 9.53 Å². The number of carbonyl (C=O) groups excluding carboxylic acids is 1. The van der Waals surface area contributed by atoms with Crippen LogP contribution in [0.5, 0.6) is 5.75 Å². The summed E-state index contributed by atoms with van der Waals surface area (Å²) in [6.07, 6.45) is 3.80. The van der Waals surface area contributed by atoms with Crippen LogP contribution in [-0.2, 0) is 11.2 Å².